The first-order valence-electron chi connectivity index (χ1n) is 47.9. The number of anilines is 2. The van der Waals surface area contributed by atoms with E-state index in [2.05, 4.69) is 174 Å². The largest absolute Gasteiger partial charge is 0.369 e. The first kappa shape index (κ1) is 89.0. The number of pyridine rings is 1. The molecule has 0 spiro atoms. The van der Waals surface area contributed by atoms with E-state index in [-0.39, 0.29) is 47.2 Å². The molecule has 33 heteroatoms. The number of rotatable bonds is 19. The average Bonchev–Trinajstić information content (AvgIpc) is 1.64. The Bertz CT molecular complexity index is 7700. The van der Waals surface area contributed by atoms with E-state index in [1.165, 1.54) is 35.5 Å². The molecule has 7 aliphatic rings. The highest BCUT2D eigenvalue weighted by Crippen LogP contribution is 2.41. The summed E-state index contributed by atoms with van der Waals surface area (Å²) in [7, 11) is 1.68. The molecule has 141 heavy (non-hydrogen) atoms. The van der Waals surface area contributed by atoms with Gasteiger partial charge in [0.05, 0.1) is 70.2 Å². The Labute approximate surface area is 809 Å². The molecule has 17 heterocycles. The fraction of sp³-hybridized carbons (Fsp3) is 0.269. The summed E-state index contributed by atoms with van der Waals surface area (Å²) in [6.45, 7) is 13.6. The van der Waals surface area contributed by atoms with Gasteiger partial charge in [-0.1, -0.05) is 30.3 Å². The molecule has 0 radical (unpaired) electrons. The molecular formula is C108H99F2N27O4. The molecule has 25 rings (SSSR count). The molecule has 5 atom stereocenters. The van der Waals surface area contributed by atoms with Crippen LogP contribution in [0.2, 0.25) is 0 Å². The maximum absolute atomic E-state index is 13.5. The number of hydrogen-bond acceptors (Lipinski definition) is 25. The van der Waals surface area contributed by atoms with Crippen molar-refractivity contribution in [2.24, 2.45) is 0 Å². The lowest BCUT2D eigenvalue weighted by atomic mass is 9.98. The maximum Gasteiger partial charge on any atom is 0.237 e. The number of amides is 3. The summed E-state index contributed by atoms with van der Waals surface area (Å²) >= 11 is 0. The number of aryl methyl sites for hydroxylation is 1. The number of aromatic amines is 3. The van der Waals surface area contributed by atoms with E-state index in [9.17, 15) is 23.2 Å². The Morgan fingerprint density at radius 2 is 0.901 bits per heavy atom. The molecule has 6 fully saturated rings. The van der Waals surface area contributed by atoms with Gasteiger partial charge in [-0.05, 0) is 227 Å². The standard InChI is InChI=1S/C37H34FN9O.C37H33FN8O2.C34H32N10O/c1-22-15-39-36(40-16-22)24-4-8-28(9-5-24)46-19-30-13-29(46)20-47(30)34(48)21-45-11-10-25(18-45)37-41-17-26-12-33-31(14-32(26)42-37)35(44-43-33)23-2-6-27(38)7-3-23;1-48-37(36-41-21-28-19-32-30(20-31(28)42-36)34(44-43-32)26-7-9-29(38)10-8-26)13-18-45(23-37)22-33(47)46-16-11-25(12-17-46)24-3-5-27(6-4-24)35-39-14-2-15-40-35;45-31(44-16-14-43(15-17-44)27-4-2-24(3-5-27)33-36-9-1-10-37-33)22-42-13-8-25(21-42)34-38-20-26-18-30-28(19-29(26)39-34)32(41-40-30)23-6-11-35-12-7-23/h2-9,12,14-17,25,29-30H,10-11,13,18-21H2,1H3,(H,43,44);2-11,14-15,19-21H,12-13,16-18,22-23H2,1H3,(H,43,44);1-7,9-12,18-20,25H,8,13-17,21-22H2,(H,40,41)/t25-,29+,30+;37-;25-/m101/s1. The van der Waals surface area contributed by atoms with Gasteiger partial charge in [-0.3, -0.25) is 49.4 Å². The second-order valence-corrected chi connectivity index (χ2v) is 37.4. The maximum atomic E-state index is 13.5. The van der Waals surface area contributed by atoms with Crippen LogP contribution in [0.4, 0.5) is 20.2 Å². The van der Waals surface area contributed by atoms with Crippen LogP contribution in [-0.4, -0.2) is 273 Å². The van der Waals surface area contributed by atoms with E-state index in [0.29, 0.717) is 69.9 Å². The van der Waals surface area contributed by atoms with Crippen LogP contribution >= 0.6 is 0 Å². The molecule has 6 saturated heterocycles. The normalized spacial score (nSPS) is 18.9. The molecule has 8 aromatic carbocycles. The third-order valence-electron chi connectivity index (χ3n) is 28.6. The molecule has 7 aliphatic heterocycles. The molecule has 704 valence electrons. The van der Waals surface area contributed by atoms with Crippen LogP contribution in [0.5, 0.6) is 0 Å². The van der Waals surface area contributed by atoms with Gasteiger partial charge in [-0.2, -0.15) is 15.3 Å². The number of carbonyl (C=O) groups is 3. The number of hydrogen-bond donors (Lipinski definition) is 3. The number of nitrogens with one attached hydrogen (secondary N) is 3. The quantitative estimate of drug-likeness (QED) is 0.0677. The van der Waals surface area contributed by atoms with E-state index in [0.717, 1.165) is 247 Å². The number of piperazine rings is 2. The Hall–Kier alpha value is -16.0. The van der Waals surface area contributed by atoms with Crippen LogP contribution in [0, 0.1) is 18.6 Å². The number of likely N-dealkylation sites (tertiary alicyclic amines) is 4. The minimum Gasteiger partial charge on any atom is -0.369 e. The number of methoxy groups -OCH3 is 1. The number of fused-ring (bicyclic) bond motifs is 8. The molecule has 0 aliphatic carbocycles. The van der Waals surface area contributed by atoms with Gasteiger partial charge in [-0.15, -0.1) is 0 Å². The van der Waals surface area contributed by atoms with Crippen molar-refractivity contribution in [1.82, 2.24) is 125 Å². The fourth-order valence-corrected chi connectivity index (χ4v) is 20.9. The van der Waals surface area contributed by atoms with Crippen molar-refractivity contribution in [1.29, 1.82) is 0 Å². The van der Waals surface area contributed by atoms with Gasteiger partial charge in [0, 0.05) is 249 Å². The third kappa shape index (κ3) is 18.5. The van der Waals surface area contributed by atoms with Gasteiger partial charge in [0.15, 0.2) is 23.3 Å². The van der Waals surface area contributed by atoms with Crippen molar-refractivity contribution in [2.45, 2.75) is 68.5 Å². The van der Waals surface area contributed by atoms with Crippen LogP contribution in [0.3, 0.4) is 0 Å². The lowest BCUT2D eigenvalue weighted by Gasteiger charge is -2.36. The number of ether oxygens (including phenoxy) is 1. The number of benzene rings is 8. The van der Waals surface area contributed by atoms with Gasteiger partial charge < -0.3 is 29.2 Å². The lowest BCUT2D eigenvalue weighted by Crippen LogP contribution is -2.51. The van der Waals surface area contributed by atoms with Crippen LogP contribution in [0.15, 0.2) is 256 Å². The summed E-state index contributed by atoms with van der Waals surface area (Å²) in [5.41, 5.74) is 18.3. The highest BCUT2D eigenvalue weighted by atomic mass is 19.1. The molecule has 18 aromatic rings. The molecule has 0 unspecified atom stereocenters. The zero-order chi connectivity index (χ0) is 95.2. The van der Waals surface area contributed by atoms with Gasteiger partial charge in [-0.25, -0.2) is 68.6 Å². The monoisotopic (exact) mass is 1880 g/mol. The second kappa shape index (κ2) is 38.4. The van der Waals surface area contributed by atoms with E-state index in [1.807, 2.05) is 102 Å². The zero-order valence-corrected chi connectivity index (χ0v) is 77.7. The molecule has 31 nitrogen and oxygen atoms in total. The summed E-state index contributed by atoms with van der Waals surface area (Å²) in [5, 5.41) is 28.5. The summed E-state index contributed by atoms with van der Waals surface area (Å²) < 4.78 is 33.2. The van der Waals surface area contributed by atoms with Crippen molar-refractivity contribution in [3.8, 4) is 67.9 Å². The molecule has 3 amide bonds. The van der Waals surface area contributed by atoms with E-state index >= 15 is 0 Å². The molecule has 0 saturated carbocycles. The molecule has 10 aromatic heterocycles. The van der Waals surface area contributed by atoms with Gasteiger partial charge in [0.25, 0.3) is 0 Å². The summed E-state index contributed by atoms with van der Waals surface area (Å²) in [5.74, 6) is 4.69. The van der Waals surface area contributed by atoms with Crippen molar-refractivity contribution < 1.29 is 27.9 Å². The van der Waals surface area contributed by atoms with Crippen LogP contribution in [0.25, 0.3) is 139 Å². The Morgan fingerprint density at radius 1 is 0.433 bits per heavy atom. The summed E-state index contributed by atoms with van der Waals surface area (Å²) in [6, 6.07) is 58.0. The lowest BCUT2D eigenvalue weighted by molar-refractivity contribution is -0.133. The third-order valence-corrected chi connectivity index (χ3v) is 28.6. The SMILES string of the molecule is CO[C@@]1(c2ncc3cc4[nH]nc(-c5ccc(F)cc5)c4cc3n2)CCN(CC(=O)N2CC=C(c3ccc(-c4ncccn4)cc3)CC2)C1.Cc1cnc(-c2ccc(N3C[C@@H]4C[C@H]3CN4C(=O)CN3CC[C@@H](c4ncc5cc6[nH]nc(-c7ccc(F)cc7)c6cc5n4)C3)cc2)nc1.O=C(CN1CC[C@@H](c2ncc3cc4[nH]nc(-c5ccncc5)c4cc3n2)C1)N1CCN(c2ccc(-c3ncccn3)cc2)CC1. The highest BCUT2D eigenvalue weighted by Gasteiger charge is 2.47. The van der Waals surface area contributed by atoms with E-state index < -0.39 is 5.60 Å². The molecule has 2 bridgehead atoms. The highest BCUT2D eigenvalue weighted by molar-refractivity contribution is 6.04. The van der Waals surface area contributed by atoms with Gasteiger partial charge in [0.2, 0.25) is 17.7 Å². The predicted molar refractivity (Wildman–Crippen MR) is 535 cm³/mol. The molecular weight excluding hydrogens is 1780 g/mol. The van der Waals surface area contributed by atoms with E-state index in [1.54, 1.807) is 74.6 Å². The minimum atomic E-state index is -0.731. The average molecular weight is 1880 g/mol. The summed E-state index contributed by atoms with van der Waals surface area (Å²) in [4.78, 5) is 117. The van der Waals surface area contributed by atoms with Gasteiger partial charge >= 0.3 is 0 Å². The minimum absolute atomic E-state index is 0.101. The van der Waals surface area contributed by atoms with Gasteiger partial charge in [0.1, 0.15) is 34.6 Å². The van der Waals surface area contributed by atoms with Crippen LogP contribution in [0.1, 0.15) is 72.5 Å². The fourth-order valence-electron chi connectivity index (χ4n) is 20.9. The molecule has 3 N–H and O–H groups in total. The summed E-state index contributed by atoms with van der Waals surface area (Å²) in [6.07, 6.45) is 26.3. The van der Waals surface area contributed by atoms with Crippen LogP contribution in [-0.2, 0) is 24.7 Å². The number of nitrogens with zero attached hydrogens (tertiary/aromatic N) is 24. The number of halogens is 2. The first-order chi connectivity index (χ1) is 69.1. The Balaban J connectivity index is 0.000000118. The second-order valence-electron chi connectivity index (χ2n) is 37.4. The predicted octanol–water partition coefficient (Wildman–Crippen LogP) is 15.2. The number of H-pyrrole nitrogens is 3. The topological polar surface area (TPSA) is 340 Å². The number of carbonyl (C=O) groups excluding carboxylic acids is 3. The van der Waals surface area contributed by atoms with Crippen molar-refractivity contribution in [3.05, 3.63) is 296 Å². The Morgan fingerprint density at radius 3 is 1.41 bits per heavy atom. The number of aromatic nitrogens is 19. The smallest absolute Gasteiger partial charge is 0.237 e. The first-order valence-corrected chi connectivity index (χ1v) is 47.9. The van der Waals surface area contributed by atoms with E-state index in [4.69, 9.17) is 34.6 Å². The van der Waals surface area contributed by atoms with Crippen LogP contribution < -0.4 is 9.80 Å². The van der Waals surface area contributed by atoms with Crippen molar-refractivity contribution in [3.63, 3.8) is 0 Å². The zero-order valence-electron chi connectivity index (χ0n) is 77.7. The van der Waals surface area contributed by atoms with Crippen molar-refractivity contribution >= 4 is 100 Å². The Kier molecular flexibility index (Phi) is 24.2. The van der Waals surface area contributed by atoms with Crippen molar-refractivity contribution in [2.75, 3.05) is 128 Å².